The lowest BCUT2D eigenvalue weighted by Gasteiger charge is -2.06. The van der Waals surface area contributed by atoms with Crippen LogP contribution in [0, 0.1) is 0 Å². The van der Waals surface area contributed by atoms with E-state index >= 15 is 0 Å². The summed E-state index contributed by atoms with van der Waals surface area (Å²) in [5.74, 6) is -0.160. The summed E-state index contributed by atoms with van der Waals surface area (Å²) in [6.45, 7) is 1.68. The molecular formula is C12H19N3OS. The van der Waals surface area contributed by atoms with E-state index in [1.165, 1.54) is 36.3 Å². The van der Waals surface area contributed by atoms with Gasteiger partial charge in [0.1, 0.15) is 0 Å². The van der Waals surface area contributed by atoms with Crippen molar-refractivity contribution in [1.29, 1.82) is 0 Å². The van der Waals surface area contributed by atoms with Crippen molar-refractivity contribution in [3.8, 4) is 0 Å². The van der Waals surface area contributed by atoms with Gasteiger partial charge >= 0.3 is 0 Å². The summed E-state index contributed by atoms with van der Waals surface area (Å²) in [6.07, 6.45) is 7.17. The van der Waals surface area contributed by atoms with Gasteiger partial charge in [0, 0.05) is 4.88 Å². The average molecular weight is 253 g/mol. The third-order valence-corrected chi connectivity index (χ3v) is 4.06. The van der Waals surface area contributed by atoms with Crippen molar-refractivity contribution in [2.24, 2.45) is 5.73 Å². The minimum absolute atomic E-state index is 0.160. The van der Waals surface area contributed by atoms with Crippen molar-refractivity contribution in [3.05, 3.63) is 10.6 Å². The normalized spacial score (nSPS) is 17.8. The molecule has 0 unspecified atom stereocenters. The van der Waals surface area contributed by atoms with Crippen molar-refractivity contribution in [2.45, 2.75) is 51.5 Å². The molecule has 1 aliphatic rings. The number of fused-ring (bicyclic) bond motifs is 1. The Morgan fingerprint density at radius 3 is 2.76 bits per heavy atom. The first-order valence-electron chi connectivity index (χ1n) is 6.22. The second kappa shape index (κ2) is 5.60. The molecule has 5 heteroatoms. The largest absolute Gasteiger partial charge is 0.320 e. The second-order valence-corrected chi connectivity index (χ2v) is 5.66. The van der Waals surface area contributed by atoms with Gasteiger partial charge in [-0.2, -0.15) is 0 Å². The van der Waals surface area contributed by atoms with Gasteiger partial charge in [0.25, 0.3) is 0 Å². The van der Waals surface area contributed by atoms with E-state index in [9.17, 15) is 4.79 Å². The van der Waals surface area contributed by atoms with Crippen molar-refractivity contribution in [1.82, 2.24) is 4.98 Å². The molecular weight excluding hydrogens is 234 g/mol. The highest BCUT2D eigenvalue weighted by atomic mass is 32.1. The standard InChI is InChI=1S/C12H19N3OS/c1-8(13)11(16)15-12-14-9-6-4-2-3-5-7-10(9)17-12/h8H,2-7,13H2,1H3,(H,14,15,16)/t8-/m0/s1. The number of thiazole rings is 1. The molecule has 0 fully saturated rings. The van der Waals surface area contributed by atoms with Crippen LogP contribution in [0.1, 0.15) is 43.2 Å². The van der Waals surface area contributed by atoms with Crippen LogP contribution in [0.5, 0.6) is 0 Å². The first-order chi connectivity index (χ1) is 8.16. The number of amides is 1. The van der Waals surface area contributed by atoms with Gasteiger partial charge in [-0.25, -0.2) is 4.98 Å². The monoisotopic (exact) mass is 253 g/mol. The van der Waals surface area contributed by atoms with Crippen molar-refractivity contribution < 1.29 is 4.79 Å². The summed E-state index contributed by atoms with van der Waals surface area (Å²) in [7, 11) is 0. The maximum absolute atomic E-state index is 11.5. The highest BCUT2D eigenvalue weighted by Crippen LogP contribution is 2.28. The van der Waals surface area contributed by atoms with Crippen LogP contribution in [0.4, 0.5) is 5.13 Å². The van der Waals surface area contributed by atoms with Crippen LogP contribution in [-0.4, -0.2) is 16.9 Å². The first kappa shape index (κ1) is 12.5. The van der Waals surface area contributed by atoms with Crippen molar-refractivity contribution in [3.63, 3.8) is 0 Å². The molecule has 17 heavy (non-hydrogen) atoms. The highest BCUT2D eigenvalue weighted by molar-refractivity contribution is 7.15. The Kier molecular flexibility index (Phi) is 4.12. The number of nitrogens with one attached hydrogen (secondary N) is 1. The fourth-order valence-corrected chi connectivity index (χ4v) is 3.03. The van der Waals surface area contributed by atoms with E-state index in [2.05, 4.69) is 10.3 Å². The molecule has 2 rings (SSSR count). The van der Waals surface area contributed by atoms with E-state index in [1.54, 1.807) is 18.3 Å². The van der Waals surface area contributed by atoms with Gasteiger partial charge in [0.2, 0.25) is 5.91 Å². The Morgan fingerprint density at radius 2 is 2.06 bits per heavy atom. The molecule has 1 amide bonds. The summed E-state index contributed by atoms with van der Waals surface area (Å²) >= 11 is 1.61. The molecule has 3 N–H and O–H groups in total. The van der Waals surface area contributed by atoms with Gasteiger partial charge < -0.3 is 11.1 Å². The summed E-state index contributed by atoms with van der Waals surface area (Å²) < 4.78 is 0. The molecule has 1 atom stereocenters. The van der Waals surface area contributed by atoms with Crippen LogP contribution in [0.3, 0.4) is 0 Å². The zero-order valence-electron chi connectivity index (χ0n) is 10.2. The molecule has 0 saturated heterocycles. The molecule has 0 bridgehead atoms. The Balaban J connectivity index is 2.09. The first-order valence-corrected chi connectivity index (χ1v) is 7.03. The topological polar surface area (TPSA) is 68.0 Å². The Morgan fingerprint density at radius 1 is 1.35 bits per heavy atom. The number of aromatic nitrogens is 1. The van der Waals surface area contributed by atoms with Crippen LogP contribution >= 0.6 is 11.3 Å². The van der Waals surface area contributed by atoms with Gasteiger partial charge in [0.15, 0.2) is 5.13 Å². The lowest BCUT2D eigenvalue weighted by molar-refractivity contribution is -0.117. The summed E-state index contributed by atoms with van der Waals surface area (Å²) in [4.78, 5) is 17.3. The Labute approximate surface area is 106 Å². The highest BCUT2D eigenvalue weighted by Gasteiger charge is 2.15. The maximum Gasteiger partial charge on any atom is 0.242 e. The van der Waals surface area contributed by atoms with Gasteiger partial charge in [0.05, 0.1) is 11.7 Å². The number of hydrogen-bond acceptors (Lipinski definition) is 4. The number of anilines is 1. The van der Waals surface area contributed by atoms with E-state index in [1.807, 2.05) is 0 Å². The molecule has 1 heterocycles. The Bertz CT molecular complexity index is 375. The van der Waals surface area contributed by atoms with Crippen LogP contribution in [-0.2, 0) is 17.6 Å². The third kappa shape index (κ3) is 3.26. The van der Waals surface area contributed by atoms with Gasteiger partial charge in [-0.05, 0) is 32.6 Å². The fourth-order valence-electron chi connectivity index (χ4n) is 1.98. The summed E-state index contributed by atoms with van der Waals surface area (Å²) in [5.41, 5.74) is 6.70. The zero-order valence-corrected chi connectivity index (χ0v) is 11.0. The molecule has 0 aromatic carbocycles. The van der Waals surface area contributed by atoms with Crippen LogP contribution in [0.15, 0.2) is 0 Å². The number of aryl methyl sites for hydroxylation is 2. The molecule has 94 valence electrons. The average Bonchev–Trinajstić information content (AvgIpc) is 2.60. The zero-order chi connectivity index (χ0) is 12.3. The summed E-state index contributed by atoms with van der Waals surface area (Å²) in [5, 5.41) is 3.49. The van der Waals surface area contributed by atoms with Crippen molar-refractivity contribution >= 4 is 22.4 Å². The van der Waals surface area contributed by atoms with Crippen LogP contribution < -0.4 is 11.1 Å². The van der Waals surface area contributed by atoms with Crippen molar-refractivity contribution in [2.75, 3.05) is 5.32 Å². The molecule has 4 nitrogen and oxygen atoms in total. The number of hydrogen-bond donors (Lipinski definition) is 2. The van der Waals surface area contributed by atoms with Crippen LogP contribution in [0.25, 0.3) is 0 Å². The van der Waals surface area contributed by atoms with Crippen LogP contribution in [0.2, 0.25) is 0 Å². The summed E-state index contributed by atoms with van der Waals surface area (Å²) in [6, 6.07) is -0.485. The number of rotatable bonds is 2. The molecule has 1 aromatic heterocycles. The predicted octanol–water partition coefficient (Wildman–Crippen LogP) is 2.09. The number of carbonyl (C=O) groups is 1. The molecule has 0 saturated carbocycles. The SMILES string of the molecule is C[C@H](N)C(=O)Nc1nc2c(s1)CCCCCC2. The van der Waals surface area contributed by atoms with Gasteiger partial charge in [-0.15, -0.1) is 11.3 Å². The van der Waals surface area contributed by atoms with Gasteiger partial charge in [-0.3, -0.25) is 4.79 Å². The number of nitrogens with zero attached hydrogens (tertiary/aromatic N) is 1. The van der Waals surface area contributed by atoms with E-state index in [0.29, 0.717) is 5.13 Å². The van der Waals surface area contributed by atoms with Gasteiger partial charge in [-0.1, -0.05) is 12.8 Å². The molecule has 0 spiro atoms. The van der Waals surface area contributed by atoms with E-state index in [4.69, 9.17) is 5.73 Å². The minimum atomic E-state index is -0.485. The molecule has 1 aliphatic carbocycles. The smallest absolute Gasteiger partial charge is 0.242 e. The minimum Gasteiger partial charge on any atom is -0.320 e. The number of carbonyl (C=O) groups excluding carboxylic acids is 1. The maximum atomic E-state index is 11.5. The fraction of sp³-hybridized carbons (Fsp3) is 0.667. The molecule has 0 aliphatic heterocycles. The quantitative estimate of drug-likeness (QED) is 0.848. The van der Waals surface area contributed by atoms with E-state index in [-0.39, 0.29) is 5.91 Å². The predicted molar refractivity (Wildman–Crippen MR) is 70.3 cm³/mol. The second-order valence-electron chi connectivity index (χ2n) is 4.58. The molecule has 1 aromatic rings. The lowest BCUT2D eigenvalue weighted by Crippen LogP contribution is -2.32. The number of nitrogens with two attached hydrogens (primary N) is 1. The Hall–Kier alpha value is -0.940. The van der Waals surface area contributed by atoms with E-state index in [0.717, 1.165) is 12.8 Å². The third-order valence-electron chi connectivity index (χ3n) is 2.99. The van der Waals surface area contributed by atoms with E-state index < -0.39 is 6.04 Å². The lowest BCUT2D eigenvalue weighted by atomic mass is 10.0. The molecule has 0 radical (unpaired) electrons.